The highest BCUT2D eigenvalue weighted by Gasteiger charge is 2.20. The molecule has 1 aromatic carbocycles. The van der Waals surface area contributed by atoms with Crippen LogP contribution in [0.3, 0.4) is 0 Å². The molecule has 1 fully saturated rings. The van der Waals surface area contributed by atoms with Crippen LogP contribution in [0.4, 0.5) is 0 Å². The van der Waals surface area contributed by atoms with Crippen molar-refractivity contribution in [3.63, 3.8) is 0 Å². The number of nitrogens with two attached hydrogens (primary N) is 1. The molecule has 0 atom stereocenters. The lowest BCUT2D eigenvalue weighted by Crippen LogP contribution is -2.28. The molecule has 106 valence electrons. The van der Waals surface area contributed by atoms with Crippen LogP contribution in [0.5, 0.6) is 0 Å². The summed E-state index contributed by atoms with van der Waals surface area (Å²) in [6.45, 7) is 2.69. The normalized spacial score (nSPS) is 16.3. The molecule has 0 saturated heterocycles. The Balaban J connectivity index is 2.05. The molecule has 0 aliphatic heterocycles. The molecule has 0 heterocycles. The fourth-order valence-corrected chi connectivity index (χ4v) is 3.76. The maximum Gasteiger partial charge on any atom is 0.240 e. The van der Waals surface area contributed by atoms with Crippen LogP contribution in [-0.4, -0.2) is 15.0 Å². The third kappa shape index (κ3) is 3.35. The zero-order valence-corrected chi connectivity index (χ0v) is 12.2. The molecular formula is C14H22N2O2S. The number of hydrogen-bond acceptors (Lipinski definition) is 3. The number of hydrogen-bond donors (Lipinski definition) is 2. The minimum Gasteiger partial charge on any atom is -0.326 e. The molecule has 0 radical (unpaired) electrons. The van der Waals surface area contributed by atoms with E-state index in [4.69, 9.17) is 5.73 Å². The van der Waals surface area contributed by atoms with E-state index in [1.165, 1.54) is 19.3 Å². The van der Waals surface area contributed by atoms with Gasteiger partial charge in [-0.2, -0.15) is 0 Å². The van der Waals surface area contributed by atoms with Crippen LogP contribution in [0.2, 0.25) is 0 Å². The van der Waals surface area contributed by atoms with Gasteiger partial charge in [-0.1, -0.05) is 31.4 Å². The second-order valence-electron chi connectivity index (χ2n) is 5.23. The maximum absolute atomic E-state index is 12.3. The molecule has 0 unspecified atom stereocenters. The topological polar surface area (TPSA) is 72.2 Å². The van der Waals surface area contributed by atoms with Gasteiger partial charge in [-0.25, -0.2) is 13.1 Å². The van der Waals surface area contributed by atoms with Crippen molar-refractivity contribution < 1.29 is 8.42 Å². The van der Waals surface area contributed by atoms with Crippen molar-refractivity contribution in [2.75, 3.05) is 6.54 Å². The molecule has 1 aliphatic carbocycles. The van der Waals surface area contributed by atoms with E-state index in [9.17, 15) is 8.42 Å². The Morgan fingerprint density at radius 3 is 2.68 bits per heavy atom. The predicted molar refractivity (Wildman–Crippen MR) is 76.2 cm³/mol. The molecule has 1 saturated carbocycles. The van der Waals surface area contributed by atoms with Gasteiger partial charge in [0.25, 0.3) is 0 Å². The SMILES string of the molecule is Cc1c(CN)cccc1S(=O)(=O)NCCC1CCC1. The Bertz CT molecular complexity index is 536. The van der Waals surface area contributed by atoms with Crippen LogP contribution in [0.25, 0.3) is 0 Å². The molecule has 5 heteroatoms. The standard InChI is InChI=1S/C14H22N2O2S/c1-11-13(10-15)6-3-7-14(11)19(17,18)16-9-8-12-4-2-5-12/h3,6-7,12,16H,2,4-5,8-10,15H2,1H3. The molecule has 0 bridgehead atoms. The summed E-state index contributed by atoms with van der Waals surface area (Å²) in [6.07, 6.45) is 4.71. The van der Waals surface area contributed by atoms with Crippen molar-refractivity contribution in [3.05, 3.63) is 29.3 Å². The van der Waals surface area contributed by atoms with Gasteiger partial charge in [-0.05, 0) is 36.5 Å². The third-order valence-corrected chi connectivity index (χ3v) is 5.58. The molecular weight excluding hydrogens is 260 g/mol. The number of rotatable bonds is 6. The summed E-state index contributed by atoms with van der Waals surface area (Å²) in [4.78, 5) is 0.351. The monoisotopic (exact) mass is 282 g/mol. The quantitative estimate of drug-likeness (QED) is 0.837. The van der Waals surface area contributed by atoms with Crippen LogP contribution >= 0.6 is 0 Å². The Morgan fingerprint density at radius 1 is 1.37 bits per heavy atom. The van der Waals surface area contributed by atoms with E-state index in [-0.39, 0.29) is 0 Å². The molecule has 4 nitrogen and oxygen atoms in total. The van der Waals surface area contributed by atoms with Crippen LogP contribution in [0.15, 0.2) is 23.1 Å². The summed E-state index contributed by atoms with van der Waals surface area (Å²) in [5.41, 5.74) is 7.24. The van der Waals surface area contributed by atoms with Gasteiger partial charge in [0.15, 0.2) is 0 Å². The van der Waals surface area contributed by atoms with Crippen molar-refractivity contribution in [2.24, 2.45) is 11.7 Å². The highest BCUT2D eigenvalue weighted by molar-refractivity contribution is 7.89. The molecule has 0 aromatic heterocycles. The van der Waals surface area contributed by atoms with E-state index in [1.807, 2.05) is 13.0 Å². The van der Waals surface area contributed by atoms with Crippen molar-refractivity contribution in [2.45, 2.75) is 44.0 Å². The average molecular weight is 282 g/mol. The number of nitrogens with one attached hydrogen (secondary N) is 1. The lowest BCUT2D eigenvalue weighted by molar-refractivity contribution is 0.297. The predicted octanol–water partition coefficient (Wildman–Crippen LogP) is 1.92. The molecule has 2 rings (SSSR count). The van der Waals surface area contributed by atoms with E-state index in [0.29, 0.717) is 23.9 Å². The van der Waals surface area contributed by atoms with E-state index < -0.39 is 10.0 Å². The van der Waals surface area contributed by atoms with E-state index in [0.717, 1.165) is 17.5 Å². The molecule has 1 aromatic rings. The fourth-order valence-electron chi connectivity index (χ4n) is 2.43. The minimum absolute atomic E-state index is 0.351. The van der Waals surface area contributed by atoms with E-state index in [1.54, 1.807) is 12.1 Å². The minimum atomic E-state index is -3.41. The summed E-state index contributed by atoms with van der Waals surface area (Å²) in [5, 5.41) is 0. The molecule has 3 N–H and O–H groups in total. The zero-order valence-electron chi connectivity index (χ0n) is 11.4. The highest BCUT2D eigenvalue weighted by atomic mass is 32.2. The van der Waals surface area contributed by atoms with Gasteiger partial charge in [0.2, 0.25) is 10.0 Å². The lowest BCUT2D eigenvalue weighted by Gasteiger charge is -2.25. The highest BCUT2D eigenvalue weighted by Crippen LogP contribution is 2.29. The Kier molecular flexibility index (Phi) is 4.60. The second-order valence-corrected chi connectivity index (χ2v) is 6.96. The van der Waals surface area contributed by atoms with Gasteiger partial charge < -0.3 is 5.73 Å². The Labute approximate surface area is 115 Å². The van der Waals surface area contributed by atoms with E-state index >= 15 is 0 Å². The summed E-state index contributed by atoms with van der Waals surface area (Å²) in [6, 6.07) is 5.25. The number of benzene rings is 1. The van der Waals surface area contributed by atoms with Crippen molar-refractivity contribution in [3.8, 4) is 0 Å². The first-order valence-electron chi connectivity index (χ1n) is 6.83. The smallest absolute Gasteiger partial charge is 0.240 e. The molecule has 0 spiro atoms. The second kappa shape index (κ2) is 6.03. The Hall–Kier alpha value is -0.910. The van der Waals surface area contributed by atoms with Gasteiger partial charge >= 0.3 is 0 Å². The summed E-state index contributed by atoms with van der Waals surface area (Å²) in [7, 11) is -3.41. The van der Waals surface area contributed by atoms with Gasteiger partial charge in [0.1, 0.15) is 0 Å². The molecule has 0 amide bonds. The zero-order chi connectivity index (χ0) is 13.9. The largest absolute Gasteiger partial charge is 0.326 e. The summed E-state index contributed by atoms with van der Waals surface area (Å²) < 4.78 is 27.2. The van der Waals surface area contributed by atoms with Gasteiger partial charge in [-0.3, -0.25) is 0 Å². The molecule has 19 heavy (non-hydrogen) atoms. The summed E-state index contributed by atoms with van der Waals surface area (Å²) >= 11 is 0. The van der Waals surface area contributed by atoms with Crippen molar-refractivity contribution >= 4 is 10.0 Å². The van der Waals surface area contributed by atoms with Crippen molar-refractivity contribution in [1.82, 2.24) is 4.72 Å². The fraction of sp³-hybridized carbons (Fsp3) is 0.571. The van der Waals surface area contributed by atoms with Gasteiger partial charge in [-0.15, -0.1) is 0 Å². The first-order chi connectivity index (χ1) is 9.04. The maximum atomic E-state index is 12.3. The van der Waals surface area contributed by atoms with Gasteiger partial charge in [0.05, 0.1) is 4.90 Å². The summed E-state index contributed by atoms with van der Waals surface area (Å²) in [5.74, 6) is 0.708. The van der Waals surface area contributed by atoms with Crippen LogP contribution < -0.4 is 10.5 Å². The number of sulfonamides is 1. The van der Waals surface area contributed by atoms with Crippen LogP contribution in [0.1, 0.15) is 36.8 Å². The van der Waals surface area contributed by atoms with E-state index in [2.05, 4.69) is 4.72 Å². The average Bonchev–Trinajstić information content (AvgIpc) is 2.32. The lowest BCUT2D eigenvalue weighted by atomic mass is 9.83. The third-order valence-electron chi connectivity index (χ3n) is 3.98. The van der Waals surface area contributed by atoms with Gasteiger partial charge in [0, 0.05) is 13.1 Å². The van der Waals surface area contributed by atoms with Crippen LogP contribution in [0, 0.1) is 12.8 Å². The van der Waals surface area contributed by atoms with Crippen LogP contribution in [-0.2, 0) is 16.6 Å². The van der Waals surface area contributed by atoms with Crippen molar-refractivity contribution in [1.29, 1.82) is 0 Å². The molecule has 1 aliphatic rings. The first kappa shape index (κ1) is 14.5. The first-order valence-corrected chi connectivity index (χ1v) is 8.31. The Morgan fingerprint density at radius 2 is 2.11 bits per heavy atom.